The average Bonchev–Trinajstić information content (AvgIpc) is 2.61. The summed E-state index contributed by atoms with van der Waals surface area (Å²) in [5.41, 5.74) is 8.01. The molecule has 1 heterocycles. The van der Waals surface area contributed by atoms with Crippen LogP contribution in [0.3, 0.4) is 0 Å². The maximum atomic E-state index is 12.5. The fourth-order valence-electron chi connectivity index (χ4n) is 2.81. The van der Waals surface area contributed by atoms with Gasteiger partial charge in [-0.1, -0.05) is 30.3 Å². The van der Waals surface area contributed by atoms with Gasteiger partial charge in [0.15, 0.2) is 0 Å². The predicted molar refractivity (Wildman–Crippen MR) is 96.3 cm³/mol. The van der Waals surface area contributed by atoms with Gasteiger partial charge in [-0.3, -0.25) is 0 Å². The minimum atomic E-state index is -0.646. The Hall–Kier alpha value is -3.04. The molecular weight excluding hydrogens is 332 g/mol. The standard InChI is InChI=1S/C20H22N2O4/c1-4-9-24-12-14-7-6-8-15(10-14)18-16(11-21)19(22)26-13(3)17(18)20(23)25-5-2/h4,6-8,10,18H,1,5,9,12,22H2,2-3H3. The molecule has 2 N–H and O–H groups in total. The van der Waals surface area contributed by atoms with Crippen LogP contribution in [0, 0.1) is 11.3 Å². The van der Waals surface area contributed by atoms with Gasteiger partial charge in [0, 0.05) is 0 Å². The van der Waals surface area contributed by atoms with E-state index < -0.39 is 11.9 Å². The van der Waals surface area contributed by atoms with Crippen LogP contribution in [-0.4, -0.2) is 19.2 Å². The van der Waals surface area contributed by atoms with Gasteiger partial charge < -0.3 is 19.9 Å². The Morgan fingerprint density at radius 3 is 2.92 bits per heavy atom. The smallest absolute Gasteiger partial charge is 0.338 e. The molecule has 1 atom stereocenters. The summed E-state index contributed by atoms with van der Waals surface area (Å²) in [6.07, 6.45) is 1.67. The maximum Gasteiger partial charge on any atom is 0.338 e. The SMILES string of the molecule is C=CCOCc1cccc(C2C(C#N)=C(N)OC(C)=C2C(=O)OCC)c1. The van der Waals surface area contributed by atoms with Crippen molar-refractivity contribution < 1.29 is 19.0 Å². The van der Waals surface area contributed by atoms with Crippen LogP contribution >= 0.6 is 0 Å². The van der Waals surface area contributed by atoms with Gasteiger partial charge >= 0.3 is 5.97 Å². The number of rotatable bonds is 7. The van der Waals surface area contributed by atoms with Crippen molar-refractivity contribution in [3.05, 3.63) is 70.8 Å². The predicted octanol–water partition coefficient (Wildman–Crippen LogP) is 3.03. The molecule has 2 rings (SSSR count). The maximum absolute atomic E-state index is 12.5. The molecule has 1 aromatic rings. The number of nitrogens with two attached hydrogens (primary N) is 1. The van der Waals surface area contributed by atoms with E-state index in [1.165, 1.54) is 0 Å². The lowest BCUT2D eigenvalue weighted by molar-refractivity contribution is -0.139. The number of esters is 1. The fourth-order valence-corrected chi connectivity index (χ4v) is 2.81. The minimum Gasteiger partial charge on any atom is -0.463 e. The van der Waals surface area contributed by atoms with Crippen LogP contribution in [0.1, 0.15) is 30.9 Å². The van der Waals surface area contributed by atoms with Crippen molar-refractivity contribution in [2.75, 3.05) is 13.2 Å². The first kappa shape index (κ1) is 19.3. The average molecular weight is 354 g/mol. The summed E-state index contributed by atoms with van der Waals surface area (Å²) >= 11 is 0. The van der Waals surface area contributed by atoms with E-state index in [9.17, 15) is 10.1 Å². The fraction of sp³-hybridized carbons (Fsp3) is 0.300. The summed E-state index contributed by atoms with van der Waals surface area (Å²) in [4.78, 5) is 12.5. The van der Waals surface area contributed by atoms with Crippen molar-refractivity contribution in [1.29, 1.82) is 5.26 Å². The summed E-state index contributed by atoms with van der Waals surface area (Å²) in [6, 6.07) is 9.54. The highest BCUT2D eigenvalue weighted by molar-refractivity contribution is 5.92. The molecule has 1 aromatic carbocycles. The molecule has 0 amide bonds. The van der Waals surface area contributed by atoms with E-state index in [4.69, 9.17) is 19.9 Å². The quantitative estimate of drug-likeness (QED) is 0.459. The molecular formula is C20H22N2O4. The van der Waals surface area contributed by atoms with Crippen LogP contribution < -0.4 is 5.73 Å². The van der Waals surface area contributed by atoms with Crippen LogP contribution in [0.2, 0.25) is 0 Å². The van der Waals surface area contributed by atoms with E-state index in [0.29, 0.717) is 19.0 Å². The molecule has 26 heavy (non-hydrogen) atoms. The molecule has 0 aliphatic carbocycles. The lowest BCUT2D eigenvalue weighted by atomic mass is 9.82. The number of allylic oxidation sites excluding steroid dienone is 2. The minimum absolute atomic E-state index is 0.00337. The zero-order chi connectivity index (χ0) is 19.1. The van der Waals surface area contributed by atoms with Gasteiger partial charge in [-0.25, -0.2) is 4.79 Å². The summed E-state index contributed by atoms with van der Waals surface area (Å²) < 4.78 is 16.0. The van der Waals surface area contributed by atoms with Gasteiger partial charge in [-0.15, -0.1) is 6.58 Å². The highest BCUT2D eigenvalue weighted by atomic mass is 16.5. The van der Waals surface area contributed by atoms with Crippen molar-refractivity contribution in [2.24, 2.45) is 5.73 Å². The van der Waals surface area contributed by atoms with Crippen LogP contribution in [-0.2, 0) is 25.6 Å². The molecule has 0 saturated heterocycles. The molecule has 6 nitrogen and oxygen atoms in total. The molecule has 6 heteroatoms. The molecule has 1 unspecified atom stereocenters. The molecule has 0 saturated carbocycles. The number of carbonyl (C=O) groups is 1. The molecule has 0 spiro atoms. The van der Waals surface area contributed by atoms with E-state index in [0.717, 1.165) is 11.1 Å². The Bertz CT molecular complexity index is 802. The van der Waals surface area contributed by atoms with Gasteiger partial charge in [-0.05, 0) is 25.0 Å². The second kappa shape index (κ2) is 8.88. The summed E-state index contributed by atoms with van der Waals surface area (Å²) in [6.45, 7) is 8.02. The monoisotopic (exact) mass is 354 g/mol. The van der Waals surface area contributed by atoms with E-state index in [2.05, 4.69) is 12.6 Å². The topological polar surface area (TPSA) is 94.6 Å². The number of nitrogens with zero attached hydrogens (tertiary/aromatic N) is 1. The number of ether oxygens (including phenoxy) is 3. The van der Waals surface area contributed by atoms with Crippen LogP contribution in [0.5, 0.6) is 0 Å². The van der Waals surface area contributed by atoms with E-state index in [-0.39, 0.29) is 23.6 Å². The number of hydrogen-bond donors (Lipinski definition) is 1. The van der Waals surface area contributed by atoms with Gasteiger partial charge in [0.25, 0.3) is 0 Å². The first-order chi connectivity index (χ1) is 12.5. The first-order valence-electron chi connectivity index (χ1n) is 8.26. The van der Waals surface area contributed by atoms with E-state index in [1.807, 2.05) is 24.3 Å². The van der Waals surface area contributed by atoms with Crippen molar-refractivity contribution in [1.82, 2.24) is 0 Å². The van der Waals surface area contributed by atoms with Crippen LogP contribution in [0.4, 0.5) is 0 Å². The Kier molecular flexibility index (Phi) is 6.59. The lowest BCUT2D eigenvalue weighted by Gasteiger charge is -2.27. The molecule has 136 valence electrons. The first-order valence-corrected chi connectivity index (χ1v) is 8.26. The Labute approximate surface area is 153 Å². The third-order valence-electron chi connectivity index (χ3n) is 3.89. The summed E-state index contributed by atoms with van der Waals surface area (Å²) in [5.74, 6) is -0.842. The molecule has 1 aliphatic rings. The number of carbonyl (C=O) groups excluding carboxylic acids is 1. The third kappa shape index (κ3) is 4.13. The van der Waals surface area contributed by atoms with Gasteiger partial charge in [0.1, 0.15) is 17.4 Å². The summed E-state index contributed by atoms with van der Waals surface area (Å²) in [5, 5.41) is 9.57. The number of hydrogen-bond acceptors (Lipinski definition) is 6. The van der Waals surface area contributed by atoms with E-state index >= 15 is 0 Å². The molecule has 0 bridgehead atoms. The normalized spacial score (nSPS) is 16.7. The van der Waals surface area contributed by atoms with E-state index in [1.54, 1.807) is 19.9 Å². The molecule has 0 fully saturated rings. The lowest BCUT2D eigenvalue weighted by Crippen LogP contribution is -2.25. The van der Waals surface area contributed by atoms with Crippen molar-refractivity contribution >= 4 is 5.97 Å². The molecule has 1 aliphatic heterocycles. The van der Waals surface area contributed by atoms with Gasteiger partial charge in [-0.2, -0.15) is 5.26 Å². The number of benzene rings is 1. The van der Waals surface area contributed by atoms with Gasteiger partial charge in [0.2, 0.25) is 5.88 Å². The zero-order valence-corrected chi connectivity index (χ0v) is 15.0. The van der Waals surface area contributed by atoms with Gasteiger partial charge in [0.05, 0.1) is 31.3 Å². The zero-order valence-electron chi connectivity index (χ0n) is 15.0. The largest absolute Gasteiger partial charge is 0.463 e. The van der Waals surface area contributed by atoms with Crippen molar-refractivity contribution in [3.8, 4) is 6.07 Å². The molecule has 0 radical (unpaired) electrons. The third-order valence-corrected chi connectivity index (χ3v) is 3.89. The Morgan fingerprint density at radius 1 is 1.50 bits per heavy atom. The van der Waals surface area contributed by atoms with Crippen LogP contribution in [0.25, 0.3) is 0 Å². The highest BCUT2D eigenvalue weighted by Crippen LogP contribution is 2.39. The van der Waals surface area contributed by atoms with Crippen LogP contribution in [0.15, 0.2) is 59.7 Å². The van der Waals surface area contributed by atoms with Crippen molar-refractivity contribution in [3.63, 3.8) is 0 Å². The number of nitriles is 1. The van der Waals surface area contributed by atoms with Crippen molar-refractivity contribution in [2.45, 2.75) is 26.4 Å². The summed E-state index contributed by atoms with van der Waals surface area (Å²) in [7, 11) is 0. The Morgan fingerprint density at radius 2 is 2.27 bits per heavy atom. The highest BCUT2D eigenvalue weighted by Gasteiger charge is 2.36. The Balaban J connectivity index is 2.48. The second-order valence-corrected chi connectivity index (χ2v) is 5.66. The molecule has 0 aromatic heterocycles. The second-order valence-electron chi connectivity index (χ2n) is 5.66.